The van der Waals surface area contributed by atoms with Crippen LogP contribution in [0.15, 0.2) is 84.9 Å². The number of nitrogens with zero attached hydrogens (tertiary/aromatic N) is 1. The number of carbonyl (C=O) groups excluding carboxylic acids is 1. The van der Waals surface area contributed by atoms with Gasteiger partial charge < -0.3 is 56.2 Å². The first-order valence-corrected chi connectivity index (χ1v) is 20.1. The number of primary amides is 1. The van der Waals surface area contributed by atoms with E-state index in [1.54, 1.807) is 4.90 Å². The molecule has 2 saturated heterocycles. The summed E-state index contributed by atoms with van der Waals surface area (Å²) in [4.78, 5) is 14.2. The smallest absolute Gasteiger partial charge is 0.234 e. The van der Waals surface area contributed by atoms with Crippen LogP contribution in [-0.4, -0.2) is 120 Å². The molecule has 1 amide bonds. The Morgan fingerprint density at radius 3 is 1.70 bits per heavy atom. The Morgan fingerprint density at radius 1 is 0.714 bits per heavy atom. The van der Waals surface area contributed by atoms with E-state index >= 15 is 0 Å². The van der Waals surface area contributed by atoms with E-state index in [1.165, 1.54) is 5.56 Å². The van der Waals surface area contributed by atoms with Crippen LogP contribution >= 0.6 is 0 Å². The molecule has 0 spiro atoms. The fourth-order valence-electron chi connectivity index (χ4n) is 7.27. The highest BCUT2D eigenvalue weighted by Gasteiger charge is 2.37. The summed E-state index contributed by atoms with van der Waals surface area (Å²) in [5.74, 6) is -0.437. The average molecular weight is 779 g/mol. The zero-order valence-corrected chi connectivity index (χ0v) is 32.3. The van der Waals surface area contributed by atoms with Crippen molar-refractivity contribution >= 4 is 5.91 Å². The number of unbranched alkanes of at least 4 members (excludes halogenated alkanes) is 1. The Morgan fingerprint density at radius 2 is 1.21 bits per heavy atom. The molecule has 9 atom stereocenters. The van der Waals surface area contributed by atoms with Gasteiger partial charge in [0.1, 0.15) is 12.2 Å². The van der Waals surface area contributed by atoms with Gasteiger partial charge in [-0.2, -0.15) is 0 Å². The predicted molar refractivity (Wildman–Crippen MR) is 212 cm³/mol. The summed E-state index contributed by atoms with van der Waals surface area (Å²) in [5, 5.41) is 48.6. The molecule has 2 aliphatic rings. The van der Waals surface area contributed by atoms with E-state index in [1.807, 2.05) is 60.7 Å². The van der Waals surface area contributed by atoms with Gasteiger partial charge in [0.25, 0.3) is 0 Å². The number of nitrogens with one attached hydrogen (secondary N) is 1. The van der Waals surface area contributed by atoms with Crippen LogP contribution in [0.25, 0.3) is 0 Å². The lowest BCUT2D eigenvalue weighted by Gasteiger charge is -2.38. The van der Waals surface area contributed by atoms with Crippen LogP contribution < -0.4 is 16.8 Å². The van der Waals surface area contributed by atoms with E-state index in [2.05, 4.69) is 29.6 Å². The average Bonchev–Trinajstić information content (AvgIpc) is 3.23. The van der Waals surface area contributed by atoms with Gasteiger partial charge in [0.15, 0.2) is 12.6 Å². The lowest BCUT2D eigenvalue weighted by atomic mass is 10.0. The minimum atomic E-state index is -1.24. The number of carbonyl (C=O) groups is 1. The van der Waals surface area contributed by atoms with Crippen molar-refractivity contribution in [1.29, 1.82) is 0 Å². The Bertz CT molecular complexity index is 1470. The summed E-state index contributed by atoms with van der Waals surface area (Å²) in [5.41, 5.74) is 15.4. The Labute approximate surface area is 330 Å². The van der Waals surface area contributed by atoms with Gasteiger partial charge in [-0.1, -0.05) is 84.9 Å². The number of hydrogen-bond acceptors (Lipinski definition) is 12. The van der Waals surface area contributed by atoms with Crippen molar-refractivity contribution in [1.82, 2.24) is 10.2 Å². The van der Waals surface area contributed by atoms with Gasteiger partial charge in [-0.05, 0) is 82.1 Å². The summed E-state index contributed by atoms with van der Waals surface area (Å²) in [6.45, 7) is 2.19. The highest BCUT2D eigenvalue weighted by Crippen LogP contribution is 2.30. The molecule has 13 heteroatoms. The molecule has 13 nitrogen and oxygen atoms in total. The van der Waals surface area contributed by atoms with Crippen LogP contribution in [0, 0.1) is 0 Å². The number of ether oxygens (including phenoxy) is 4. The molecular weight excluding hydrogens is 716 g/mol. The van der Waals surface area contributed by atoms with E-state index in [-0.39, 0.29) is 13.1 Å². The third-order valence-electron chi connectivity index (χ3n) is 10.6. The van der Waals surface area contributed by atoms with E-state index in [4.69, 9.17) is 30.4 Å². The van der Waals surface area contributed by atoms with Gasteiger partial charge in [0.2, 0.25) is 5.91 Å². The second-order valence-electron chi connectivity index (χ2n) is 14.9. The van der Waals surface area contributed by atoms with Crippen molar-refractivity contribution in [2.45, 2.75) is 107 Å². The number of aryl methyl sites for hydroxylation is 2. The van der Waals surface area contributed by atoms with E-state index in [9.17, 15) is 25.2 Å². The Kier molecular flexibility index (Phi) is 18.1. The highest BCUT2D eigenvalue weighted by molar-refractivity contribution is 5.79. The topological polar surface area (TPSA) is 202 Å². The molecule has 2 heterocycles. The SMILES string of the molecule is NCCCCc1ccc(CC[C@H](NCCCN(C[C@H](O)[C@@H](O)[C@H]2CCOC(c3ccccc3)O2)C[C@H](O)[C@@H](O)[C@H]2CCOC(c3ccccc3)O2)C(N)=O)cc1. The standard InChI is InChI=1S/C43H62N4O9/c44-23-8-7-10-30-15-17-31(18-16-30)19-20-34(41(45)52)46-24-9-25-47(28-35(48)39(50)37-21-26-53-42(55-37)32-11-3-1-4-12-32)29-36(49)40(51)38-22-27-54-43(56-38)33-13-5-2-6-14-33/h1-6,11-18,34-40,42-43,46,48-51H,7-10,19-29,44H2,(H2,45,52)/t34-,35-,36-,37+,38+,39+,40+,42?,43?/m0/s1. The third kappa shape index (κ3) is 13.7. The van der Waals surface area contributed by atoms with Gasteiger partial charge in [-0.15, -0.1) is 0 Å². The second kappa shape index (κ2) is 23.2. The molecule has 0 saturated carbocycles. The molecule has 2 fully saturated rings. The van der Waals surface area contributed by atoms with Crippen LogP contribution in [0.2, 0.25) is 0 Å². The van der Waals surface area contributed by atoms with E-state index < -0.39 is 61.2 Å². The molecule has 3 aromatic carbocycles. The van der Waals surface area contributed by atoms with Crippen LogP contribution in [0.5, 0.6) is 0 Å². The summed E-state index contributed by atoms with van der Waals surface area (Å²) >= 11 is 0. The van der Waals surface area contributed by atoms with Gasteiger partial charge in [-0.25, -0.2) is 0 Å². The van der Waals surface area contributed by atoms with E-state index in [0.717, 1.165) is 36.0 Å². The largest absolute Gasteiger partial charge is 0.389 e. The summed E-state index contributed by atoms with van der Waals surface area (Å²) in [7, 11) is 0. The first kappa shape index (κ1) is 43.8. The van der Waals surface area contributed by atoms with Crippen molar-refractivity contribution in [2.75, 3.05) is 45.9 Å². The number of rotatable bonds is 23. The first-order chi connectivity index (χ1) is 27.2. The number of aliphatic hydroxyl groups excluding tert-OH is 4. The molecule has 56 heavy (non-hydrogen) atoms. The molecule has 5 rings (SSSR count). The fourth-order valence-corrected chi connectivity index (χ4v) is 7.27. The lowest BCUT2D eigenvalue weighted by Crippen LogP contribution is -2.52. The molecule has 0 bridgehead atoms. The summed E-state index contributed by atoms with van der Waals surface area (Å²) in [6, 6.07) is 26.7. The quantitative estimate of drug-likeness (QED) is 0.0695. The number of aliphatic hydroxyl groups is 4. The molecule has 2 aliphatic heterocycles. The van der Waals surface area contributed by atoms with Crippen molar-refractivity contribution in [3.63, 3.8) is 0 Å². The fraction of sp³-hybridized carbons (Fsp3) is 0.558. The molecule has 3 aromatic rings. The van der Waals surface area contributed by atoms with Crippen LogP contribution in [-0.2, 0) is 36.6 Å². The van der Waals surface area contributed by atoms with Crippen molar-refractivity contribution in [3.8, 4) is 0 Å². The van der Waals surface area contributed by atoms with Crippen molar-refractivity contribution < 1.29 is 44.2 Å². The Balaban J connectivity index is 1.17. The zero-order valence-electron chi connectivity index (χ0n) is 32.3. The summed E-state index contributed by atoms with van der Waals surface area (Å²) in [6.07, 6.45) is -2.08. The molecular formula is C43H62N4O9. The van der Waals surface area contributed by atoms with Crippen molar-refractivity contribution in [3.05, 3.63) is 107 Å². The van der Waals surface area contributed by atoms with Crippen molar-refractivity contribution in [2.24, 2.45) is 11.5 Å². The zero-order chi connectivity index (χ0) is 39.7. The molecule has 9 N–H and O–H groups in total. The minimum Gasteiger partial charge on any atom is -0.389 e. The third-order valence-corrected chi connectivity index (χ3v) is 10.6. The number of amides is 1. The number of hydrogen-bond donors (Lipinski definition) is 7. The number of nitrogens with two attached hydrogens (primary N) is 2. The monoisotopic (exact) mass is 778 g/mol. The highest BCUT2D eigenvalue weighted by atomic mass is 16.7. The molecule has 2 unspecified atom stereocenters. The van der Waals surface area contributed by atoms with Crippen LogP contribution in [0.3, 0.4) is 0 Å². The lowest BCUT2D eigenvalue weighted by molar-refractivity contribution is -0.249. The van der Waals surface area contributed by atoms with Gasteiger partial charge in [0, 0.05) is 24.2 Å². The molecule has 308 valence electrons. The maximum Gasteiger partial charge on any atom is 0.234 e. The second-order valence-corrected chi connectivity index (χ2v) is 14.9. The maximum absolute atomic E-state index is 12.4. The van der Waals surface area contributed by atoms with Gasteiger partial charge in [0.05, 0.1) is 43.7 Å². The Hall–Kier alpha value is -3.31. The number of benzene rings is 3. The van der Waals surface area contributed by atoms with E-state index in [0.29, 0.717) is 65.0 Å². The van der Waals surface area contributed by atoms with Crippen LogP contribution in [0.1, 0.15) is 73.4 Å². The first-order valence-electron chi connectivity index (χ1n) is 20.1. The molecule has 0 aromatic heterocycles. The molecule has 0 radical (unpaired) electrons. The van der Waals surface area contributed by atoms with Crippen LogP contribution in [0.4, 0.5) is 0 Å². The van der Waals surface area contributed by atoms with Gasteiger partial charge in [-0.3, -0.25) is 9.69 Å². The predicted octanol–water partition coefficient (Wildman–Crippen LogP) is 2.49. The minimum absolute atomic E-state index is 0.00952. The molecule has 0 aliphatic carbocycles. The normalized spacial score (nSPS) is 23.0. The summed E-state index contributed by atoms with van der Waals surface area (Å²) < 4.78 is 23.8. The maximum atomic E-state index is 12.4. The van der Waals surface area contributed by atoms with Gasteiger partial charge >= 0.3 is 0 Å².